The van der Waals surface area contributed by atoms with Crippen molar-refractivity contribution in [3.05, 3.63) is 76.4 Å². The molecule has 2 amide bonds. The molecule has 4 heterocycles. The van der Waals surface area contributed by atoms with Crippen LogP contribution in [0.4, 0.5) is 11.4 Å². The fourth-order valence-electron chi connectivity index (χ4n) is 5.49. The molecule has 0 unspecified atom stereocenters. The minimum absolute atomic E-state index is 0.0769. The minimum Gasteiger partial charge on any atom is -0.464 e. The molecule has 10 heteroatoms. The molecule has 0 spiro atoms. The summed E-state index contributed by atoms with van der Waals surface area (Å²) in [6.07, 6.45) is 7.01. The zero-order chi connectivity index (χ0) is 28.8. The molecule has 1 aliphatic heterocycles. The second-order valence-electron chi connectivity index (χ2n) is 11.0. The van der Waals surface area contributed by atoms with Crippen LogP contribution in [0.2, 0.25) is 0 Å². The number of benzene rings is 1. The van der Waals surface area contributed by atoms with Crippen LogP contribution in [-0.4, -0.2) is 51.0 Å². The smallest absolute Gasteiger partial charge is 0.261 e. The Hall–Kier alpha value is -4.18. The number of fused-ring (bicyclic) bond motifs is 2. The first kappa shape index (κ1) is 27.4. The van der Waals surface area contributed by atoms with Crippen LogP contribution in [0.1, 0.15) is 37.6 Å². The van der Waals surface area contributed by atoms with Crippen LogP contribution in [0, 0.1) is 12.3 Å². The number of hydrogen-bond acceptors (Lipinski definition) is 6. The number of carbonyl (C=O) groups is 2. The lowest BCUT2D eigenvalue weighted by Gasteiger charge is -2.27. The maximum absolute atomic E-state index is 13.3. The third kappa shape index (κ3) is 4.72. The van der Waals surface area contributed by atoms with Gasteiger partial charge in [0.05, 0.1) is 35.0 Å². The van der Waals surface area contributed by atoms with Crippen molar-refractivity contribution in [2.75, 3.05) is 29.9 Å². The van der Waals surface area contributed by atoms with Crippen molar-refractivity contribution in [2.24, 2.45) is 12.5 Å². The number of nitrogens with zero attached hydrogens (tertiary/aromatic N) is 6. The Balaban J connectivity index is 1.46. The van der Waals surface area contributed by atoms with Crippen LogP contribution in [0.25, 0.3) is 11.0 Å². The summed E-state index contributed by atoms with van der Waals surface area (Å²) >= 11 is 0. The normalized spacial score (nSPS) is 15.3. The van der Waals surface area contributed by atoms with Crippen LogP contribution in [-0.2, 0) is 36.3 Å². The Morgan fingerprint density at radius 3 is 2.50 bits per heavy atom. The van der Waals surface area contributed by atoms with Gasteiger partial charge in [-0.3, -0.25) is 19.3 Å². The number of aromatic nitrogens is 3. The maximum Gasteiger partial charge on any atom is 0.261 e. The summed E-state index contributed by atoms with van der Waals surface area (Å²) in [6.45, 7) is 9.99. The van der Waals surface area contributed by atoms with Gasteiger partial charge in [-0.2, -0.15) is 0 Å². The molecule has 3 aromatic heterocycles. The van der Waals surface area contributed by atoms with Gasteiger partial charge in [-0.15, -0.1) is 0 Å². The number of hydrogen-bond donors (Lipinski definition) is 0. The number of rotatable bonds is 8. The summed E-state index contributed by atoms with van der Waals surface area (Å²) in [5, 5.41) is 0.578. The van der Waals surface area contributed by atoms with Crippen molar-refractivity contribution in [2.45, 2.75) is 47.3 Å². The number of aryl methyl sites for hydroxylation is 2. The van der Waals surface area contributed by atoms with Crippen LogP contribution in [0.5, 0.6) is 0 Å². The first-order chi connectivity index (χ1) is 19.0. The summed E-state index contributed by atoms with van der Waals surface area (Å²) in [5.41, 5.74) is 3.78. The van der Waals surface area contributed by atoms with E-state index in [2.05, 4.69) is 9.88 Å². The van der Waals surface area contributed by atoms with Crippen LogP contribution < -0.4 is 15.4 Å². The molecule has 40 heavy (non-hydrogen) atoms. The van der Waals surface area contributed by atoms with E-state index in [-0.39, 0.29) is 17.4 Å². The van der Waals surface area contributed by atoms with Crippen molar-refractivity contribution in [3.8, 4) is 0 Å². The Morgan fingerprint density at radius 1 is 1.02 bits per heavy atom. The van der Waals surface area contributed by atoms with E-state index in [4.69, 9.17) is 4.42 Å². The highest BCUT2D eigenvalue weighted by Crippen LogP contribution is 2.39. The van der Waals surface area contributed by atoms with E-state index in [0.29, 0.717) is 49.4 Å². The Morgan fingerprint density at radius 2 is 1.80 bits per heavy atom. The van der Waals surface area contributed by atoms with Gasteiger partial charge in [0.1, 0.15) is 11.0 Å². The fraction of sp³-hybridized carbons (Fsp3) is 0.400. The quantitative estimate of drug-likeness (QED) is 0.314. The van der Waals surface area contributed by atoms with E-state index in [1.165, 1.54) is 0 Å². The van der Waals surface area contributed by atoms with Gasteiger partial charge in [0.2, 0.25) is 11.8 Å². The van der Waals surface area contributed by atoms with Crippen LogP contribution in [0.3, 0.4) is 0 Å². The highest BCUT2D eigenvalue weighted by atomic mass is 16.3. The van der Waals surface area contributed by atoms with Gasteiger partial charge in [0.25, 0.3) is 5.56 Å². The monoisotopic (exact) mass is 544 g/mol. The topological polar surface area (TPSA) is 96.8 Å². The van der Waals surface area contributed by atoms with Crippen molar-refractivity contribution in [1.29, 1.82) is 0 Å². The molecule has 1 aromatic carbocycles. The molecule has 4 aromatic rings. The summed E-state index contributed by atoms with van der Waals surface area (Å²) in [6, 6.07) is 7.65. The Bertz CT molecular complexity index is 1650. The van der Waals surface area contributed by atoms with E-state index >= 15 is 0 Å². The van der Waals surface area contributed by atoms with Crippen LogP contribution in [0.15, 0.2) is 58.5 Å². The lowest BCUT2D eigenvalue weighted by atomic mass is 9.90. The highest BCUT2D eigenvalue weighted by Gasteiger charge is 2.45. The van der Waals surface area contributed by atoms with Gasteiger partial charge in [-0.25, -0.2) is 4.98 Å². The van der Waals surface area contributed by atoms with Crippen molar-refractivity contribution < 1.29 is 14.0 Å². The first-order valence-corrected chi connectivity index (χ1v) is 13.5. The standard InChI is InChI=1S/C30H36N6O4/c1-7-36-24-9-8-21(14-25(24)33(6)28(38)30(3,4)29(36)39)17-34(18-22-15-31-19-32(22)5)11-12-35-16-20(2)26-23(27(35)37)10-13-40-26/h8-10,13-16,19H,7,11-12,17-18H2,1-6H3. The van der Waals surface area contributed by atoms with Gasteiger partial charge >= 0.3 is 0 Å². The van der Waals surface area contributed by atoms with Crippen LogP contribution >= 0.6 is 0 Å². The summed E-state index contributed by atoms with van der Waals surface area (Å²) in [5.74, 6) is -0.436. The van der Waals surface area contributed by atoms with Crippen molar-refractivity contribution >= 4 is 34.2 Å². The molecular formula is C30H36N6O4. The Labute approximate surface area is 233 Å². The molecule has 0 aliphatic carbocycles. The number of pyridine rings is 1. The number of furan rings is 1. The second-order valence-corrected chi connectivity index (χ2v) is 11.0. The molecule has 0 radical (unpaired) electrons. The molecular weight excluding hydrogens is 508 g/mol. The van der Waals surface area contributed by atoms with Gasteiger partial charge in [-0.1, -0.05) is 6.07 Å². The van der Waals surface area contributed by atoms with Gasteiger partial charge < -0.3 is 23.4 Å². The van der Waals surface area contributed by atoms with Crippen molar-refractivity contribution in [1.82, 2.24) is 19.0 Å². The molecule has 0 atom stereocenters. The average Bonchev–Trinajstić information content (AvgIpc) is 3.58. The molecule has 5 rings (SSSR count). The predicted molar refractivity (Wildman–Crippen MR) is 154 cm³/mol. The highest BCUT2D eigenvalue weighted by molar-refractivity contribution is 6.19. The minimum atomic E-state index is -1.16. The maximum atomic E-state index is 13.3. The molecule has 10 nitrogen and oxygen atoms in total. The van der Waals surface area contributed by atoms with Gasteiger partial charge in [-0.05, 0) is 51.5 Å². The molecule has 0 bridgehead atoms. The van der Waals surface area contributed by atoms with E-state index in [1.54, 1.807) is 53.9 Å². The SMILES string of the molecule is CCN1C(=O)C(C)(C)C(=O)N(C)c2cc(CN(CCn3cc(C)c4occc4c3=O)Cc3cncn3C)ccc21. The van der Waals surface area contributed by atoms with E-state index < -0.39 is 5.41 Å². The average molecular weight is 545 g/mol. The predicted octanol–water partition coefficient (Wildman–Crippen LogP) is 3.69. The number of amides is 2. The third-order valence-electron chi connectivity index (χ3n) is 7.86. The molecule has 0 fully saturated rings. The van der Waals surface area contributed by atoms with Gasteiger partial charge in [0.15, 0.2) is 0 Å². The number of anilines is 2. The molecule has 0 N–H and O–H groups in total. The van der Waals surface area contributed by atoms with Crippen molar-refractivity contribution in [3.63, 3.8) is 0 Å². The second kappa shape index (κ2) is 10.4. The lowest BCUT2D eigenvalue weighted by molar-refractivity contribution is -0.137. The summed E-state index contributed by atoms with van der Waals surface area (Å²) < 4.78 is 9.21. The molecule has 210 valence electrons. The fourth-order valence-corrected chi connectivity index (χ4v) is 5.49. The van der Waals surface area contributed by atoms with E-state index in [1.807, 2.05) is 56.1 Å². The number of carbonyl (C=O) groups excluding carboxylic acids is 2. The zero-order valence-corrected chi connectivity index (χ0v) is 24.0. The Kier molecular flexibility index (Phi) is 7.14. The number of imidazole rings is 1. The third-order valence-corrected chi connectivity index (χ3v) is 7.86. The molecule has 0 saturated heterocycles. The lowest BCUT2D eigenvalue weighted by Crippen LogP contribution is -2.47. The molecule has 1 aliphatic rings. The largest absolute Gasteiger partial charge is 0.464 e. The van der Waals surface area contributed by atoms with E-state index in [9.17, 15) is 14.4 Å². The van der Waals surface area contributed by atoms with E-state index in [0.717, 1.165) is 22.5 Å². The summed E-state index contributed by atoms with van der Waals surface area (Å²) in [4.78, 5) is 49.4. The zero-order valence-electron chi connectivity index (χ0n) is 24.0. The first-order valence-electron chi connectivity index (χ1n) is 13.5. The van der Waals surface area contributed by atoms with Gasteiger partial charge in [0, 0.05) is 64.8 Å². The molecule has 0 saturated carbocycles. The summed E-state index contributed by atoms with van der Waals surface area (Å²) in [7, 11) is 3.69.